The maximum Gasteiger partial charge on any atom is 0.156 e. The third kappa shape index (κ3) is 1.86. The number of rotatable bonds is 2. The largest absolute Gasteiger partial charge is 0.390 e. The van der Waals surface area contributed by atoms with Crippen molar-refractivity contribution in [3.63, 3.8) is 0 Å². The number of aliphatic hydroxyl groups excluding tert-OH is 2. The van der Waals surface area contributed by atoms with Gasteiger partial charge in [-0.15, -0.1) is 0 Å². The molecule has 11 heavy (non-hydrogen) atoms. The molecule has 5 nitrogen and oxygen atoms in total. The van der Waals surface area contributed by atoms with Crippen molar-refractivity contribution in [1.82, 2.24) is 9.97 Å². The number of nitrogens with two attached hydrogens (primary N) is 1. The zero-order chi connectivity index (χ0) is 8.27. The van der Waals surface area contributed by atoms with E-state index in [0.29, 0.717) is 5.69 Å². The van der Waals surface area contributed by atoms with Gasteiger partial charge in [-0.2, -0.15) is 0 Å². The van der Waals surface area contributed by atoms with Crippen LogP contribution in [-0.2, 0) is 13.2 Å². The zero-order valence-corrected chi connectivity index (χ0v) is 5.86. The first-order chi connectivity index (χ1) is 5.26. The van der Waals surface area contributed by atoms with Crippen LogP contribution in [0.2, 0.25) is 0 Å². The van der Waals surface area contributed by atoms with E-state index in [2.05, 4.69) is 9.97 Å². The predicted molar refractivity (Wildman–Crippen MR) is 38.3 cm³/mol. The summed E-state index contributed by atoms with van der Waals surface area (Å²) in [6.07, 6.45) is 0. The van der Waals surface area contributed by atoms with E-state index in [1.165, 1.54) is 6.07 Å². The molecule has 1 heterocycles. The fourth-order valence-electron chi connectivity index (χ4n) is 0.727. The molecule has 0 spiro atoms. The molecule has 0 unspecified atom stereocenters. The van der Waals surface area contributed by atoms with Crippen molar-refractivity contribution in [2.24, 2.45) is 0 Å². The molecule has 0 bridgehead atoms. The summed E-state index contributed by atoms with van der Waals surface area (Å²) in [5, 5.41) is 17.3. The lowest BCUT2D eigenvalue weighted by molar-refractivity contribution is 0.261. The van der Waals surface area contributed by atoms with Gasteiger partial charge in [-0.25, -0.2) is 9.97 Å². The molecule has 0 amide bonds. The summed E-state index contributed by atoms with van der Waals surface area (Å²) in [4.78, 5) is 7.49. The zero-order valence-electron chi connectivity index (χ0n) is 5.86. The van der Waals surface area contributed by atoms with Crippen LogP contribution in [0.5, 0.6) is 0 Å². The summed E-state index contributed by atoms with van der Waals surface area (Å²) in [6.45, 7) is -0.461. The van der Waals surface area contributed by atoms with Crippen molar-refractivity contribution in [2.45, 2.75) is 13.2 Å². The normalized spacial score (nSPS) is 10.0. The van der Waals surface area contributed by atoms with Crippen LogP contribution < -0.4 is 5.73 Å². The molecule has 0 saturated carbocycles. The molecule has 1 aromatic heterocycles. The van der Waals surface area contributed by atoms with Gasteiger partial charge >= 0.3 is 0 Å². The van der Waals surface area contributed by atoms with Gasteiger partial charge in [-0.3, -0.25) is 0 Å². The molecule has 0 aliphatic heterocycles. The number of aliphatic hydroxyl groups is 2. The molecule has 0 aliphatic carbocycles. The van der Waals surface area contributed by atoms with E-state index in [9.17, 15) is 0 Å². The first-order valence-corrected chi connectivity index (χ1v) is 3.10. The number of aromatic nitrogens is 2. The van der Waals surface area contributed by atoms with Crippen LogP contribution in [0, 0.1) is 0 Å². The van der Waals surface area contributed by atoms with E-state index in [4.69, 9.17) is 15.9 Å². The average molecular weight is 155 g/mol. The number of anilines is 1. The summed E-state index contributed by atoms with van der Waals surface area (Å²) < 4.78 is 0. The van der Waals surface area contributed by atoms with Gasteiger partial charge in [-0.1, -0.05) is 0 Å². The Labute approximate surface area is 63.5 Å². The van der Waals surface area contributed by atoms with Crippen molar-refractivity contribution in [2.75, 3.05) is 5.73 Å². The Bertz CT molecular complexity index is 229. The standard InChI is InChI=1S/C6H9N3O2/c7-5-1-4(2-10)8-6(3-11)9-5/h1,10-11H,2-3H2,(H2,7,8,9). The SMILES string of the molecule is Nc1cc(CO)nc(CO)n1. The molecule has 0 aliphatic rings. The molecule has 1 aromatic rings. The maximum atomic E-state index is 8.65. The van der Waals surface area contributed by atoms with Crippen LogP contribution in [0.3, 0.4) is 0 Å². The molecule has 0 atom stereocenters. The Hall–Kier alpha value is -1.20. The number of nitrogen functional groups attached to an aromatic ring is 1. The second-order valence-corrected chi connectivity index (χ2v) is 2.02. The summed E-state index contributed by atoms with van der Waals surface area (Å²) in [7, 11) is 0. The highest BCUT2D eigenvalue weighted by Gasteiger charge is 1.99. The van der Waals surface area contributed by atoms with Crippen LogP contribution in [0.15, 0.2) is 6.07 Å². The summed E-state index contributed by atoms with van der Waals surface area (Å²) in [5.74, 6) is 0.488. The summed E-state index contributed by atoms with van der Waals surface area (Å²) in [5.41, 5.74) is 5.76. The highest BCUT2D eigenvalue weighted by Crippen LogP contribution is 2.02. The summed E-state index contributed by atoms with van der Waals surface area (Å²) >= 11 is 0. The van der Waals surface area contributed by atoms with Gasteiger partial charge in [0.25, 0.3) is 0 Å². The highest BCUT2D eigenvalue weighted by molar-refractivity contribution is 5.29. The smallest absolute Gasteiger partial charge is 0.156 e. The molecule has 60 valence electrons. The van der Waals surface area contributed by atoms with Gasteiger partial charge < -0.3 is 15.9 Å². The van der Waals surface area contributed by atoms with E-state index in [1.54, 1.807) is 0 Å². The third-order valence-corrected chi connectivity index (χ3v) is 1.15. The highest BCUT2D eigenvalue weighted by atomic mass is 16.3. The molecule has 1 rings (SSSR count). The van der Waals surface area contributed by atoms with Crippen molar-refractivity contribution in [3.05, 3.63) is 17.6 Å². The van der Waals surface area contributed by atoms with Gasteiger partial charge in [0.2, 0.25) is 0 Å². The average Bonchev–Trinajstić information content (AvgIpc) is 2.03. The van der Waals surface area contributed by atoms with Gasteiger partial charge in [0.1, 0.15) is 12.4 Å². The van der Waals surface area contributed by atoms with Crippen molar-refractivity contribution < 1.29 is 10.2 Å². The molecular formula is C6H9N3O2. The minimum Gasteiger partial charge on any atom is -0.390 e. The Kier molecular flexibility index (Phi) is 2.35. The van der Waals surface area contributed by atoms with Gasteiger partial charge in [0, 0.05) is 6.07 Å². The van der Waals surface area contributed by atoms with Gasteiger partial charge in [-0.05, 0) is 0 Å². The van der Waals surface area contributed by atoms with Crippen LogP contribution in [-0.4, -0.2) is 20.2 Å². The van der Waals surface area contributed by atoms with Crippen molar-refractivity contribution in [3.8, 4) is 0 Å². The molecule has 0 radical (unpaired) electrons. The molecule has 0 fully saturated rings. The fourth-order valence-corrected chi connectivity index (χ4v) is 0.727. The monoisotopic (exact) mass is 155 g/mol. The van der Waals surface area contributed by atoms with E-state index in [1.807, 2.05) is 0 Å². The summed E-state index contributed by atoms with van der Waals surface area (Å²) in [6, 6.07) is 1.46. The fraction of sp³-hybridized carbons (Fsp3) is 0.333. The Morgan fingerprint density at radius 1 is 1.27 bits per heavy atom. The minimum absolute atomic E-state index is 0.195. The number of hydrogen-bond donors (Lipinski definition) is 3. The van der Waals surface area contributed by atoms with E-state index in [0.717, 1.165) is 0 Å². The van der Waals surface area contributed by atoms with Crippen LogP contribution in [0.4, 0.5) is 5.82 Å². The van der Waals surface area contributed by atoms with Crippen LogP contribution in [0.1, 0.15) is 11.5 Å². The lowest BCUT2D eigenvalue weighted by atomic mass is 10.4. The molecule has 0 aromatic carbocycles. The Morgan fingerprint density at radius 3 is 2.55 bits per heavy atom. The quantitative estimate of drug-likeness (QED) is 0.511. The van der Waals surface area contributed by atoms with E-state index >= 15 is 0 Å². The molecule has 4 N–H and O–H groups in total. The predicted octanol–water partition coefficient (Wildman–Crippen LogP) is -0.957. The first-order valence-electron chi connectivity index (χ1n) is 3.10. The van der Waals surface area contributed by atoms with Crippen molar-refractivity contribution >= 4 is 5.82 Å². The Morgan fingerprint density at radius 2 is 2.00 bits per heavy atom. The van der Waals surface area contributed by atoms with Crippen molar-refractivity contribution in [1.29, 1.82) is 0 Å². The molecular weight excluding hydrogens is 146 g/mol. The molecule has 0 saturated heterocycles. The lowest BCUT2D eigenvalue weighted by Gasteiger charge is -1.99. The number of hydrogen-bond acceptors (Lipinski definition) is 5. The maximum absolute atomic E-state index is 8.65. The van der Waals surface area contributed by atoms with E-state index in [-0.39, 0.29) is 24.9 Å². The topological polar surface area (TPSA) is 92.3 Å². The van der Waals surface area contributed by atoms with Gasteiger partial charge in [0.15, 0.2) is 5.82 Å². The minimum atomic E-state index is -0.266. The lowest BCUT2D eigenvalue weighted by Crippen LogP contribution is -2.02. The second kappa shape index (κ2) is 3.27. The van der Waals surface area contributed by atoms with Gasteiger partial charge in [0.05, 0.1) is 12.3 Å². The molecule has 5 heteroatoms. The third-order valence-electron chi connectivity index (χ3n) is 1.15. The Balaban J connectivity index is 3.02. The number of nitrogens with zero attached hydrogens (tertiary/aromatic N) is 2. The van der Waals surface area contributed by atoms with Crippen LogP contribution in [0.25, 0.3) is 0 Å². The first kappa shape index (κ1) is 7.90. The van der Waals surface area contributed by atoms with E-state index < -0.39 is 0 Å². The van der Waals surface area contributed by atoms with Crippen LogP contribution >= 0.6 is 0 Å². The second-order valence-electron chi connectivity index (χ2n) is 2.02.